The number of nitrogens with two attached hydrogens (primary N) is 1. The molecule has 6 nitrogen and oxygen atoms in total. The maximum absolute atomic E-state index is 12.6. The predicted molar refractivity (Wildman–Crippen MR) is 107 cm³/mol. The van der Waals surface area contributed by atoms with E-state index in [1.165, 1.54) is 24.0 Å². The fourth-order valence-electron chi connectivity index (χ4n) is 2.60. The van der Waals surface area contributed by atoms with E-state index in [-0.39, 0.29) is 23.7 Å². The van der Waals surface area contributed by atoms with Crippen LogP contribution in [0.2, 0.25) is 0 Å². The van der Waals surface area contributed by atoms with E-state index in [0.717, 1.165) is 10.6 Å². The van der Waals surface area contributed by atoms with Gasteiger partial charge in [-0.3, -0.25) is 9.59 Å². The van der Waals surface area contributed by atoms with Gasteiger partial charge in [0.25, 0.3) is 5.91 Å². The topological polar surface area (TPSA) is 94.3 Å². The quantitative estimate of drug-likeness (QED) is 0.710. The SMILES string of the molecule is COC(=O)CC(NC(=O)c1csc(CCN)n1)c1ccc(C(C)(C)C)cc1. The number of benzene rings is 1. The average Bonchev–Trinajstić information content (AvgIpc) is 3.09. The molecule has 1 aromatic heterocycles. The lowest BCUT2D eigenvalue weighted by Gasteiger charge is -2.22. The van der Waals surface area contributed by atoms with E-state index in [0.29, 0.717) is 18.7 Å². The molecule has 1 amide bonds. The van der Waals surface area contributed by atoms with Crippen LogP contribution < -0.4 is 11.1 Å². The number of carbonyl (C=O) groups excluding carboxylic acids is 2. The van der Waals surface area contributed by atoms with Gasteiger partial charge < -0.3 is 15.8 Å². The van der Waals surface area contributed by atoms with Crippen molar-refractivity contribution in [2.24, 2.45) is 5.73 Å². The highest BCUT2D eigenvalue weighted by Gasteiger charge is 2.22. The summed E-state index contributed by atoms with van der Waals surface area (Å²) in [6.45, 7) is 6.89. The highest BCUT2D eigenvalue weighted by atomic mass is 32.1. The second-order valence-electron chi connectivity index (χ2n) is 7.34. The minimum absolute atomic E-state index is 0.0274. The molecule has 0 aliphatic heterocycles. The number of carbonyl (C=O) groups is 2. The van der Waals surface area contributed by atoms with E-state index in [2.05, 4.69) is 31.1 Å². The van der Waals surface area contributed by atoms with E-state index < -0.39 is 6.04 Å². The van der Waals surface area contributed by atoms with Gasteiger partial charge in [0.1, 0.15) is 5.69 Å². The van der Waals surface area contributed by atoms with Gasteiger partial charge in [-0.15, -0.1) is 11.3 Å². The number of hydrogen-bond acceptors (Lipinski definition) is 6. The Bertz CT molecular complexity index is 779. The number of nitrogens with one attached hydrogen (secondary N) is 1. The number of ether oxygens (including phenoxy) is 1. The number of aromatic nitrogens is 1. The molecule has 27 heavy (non-hydrogen) atoms. The number of esters is 1. The number of thiazole rings is 1. The standard InChI is InChI=1S/C20H27N3O3S/c1-20(2,3)14-7-5-13(6-8-14)15(11-18(24)26-4)23-19(25)16-12-27-17(22-16)9-10-21/h5-8,12,15H,9-11,21H2,1-4H3,(H,23,25). The molecule has 1 atom stereocenters. The third-order valence-corrected chi connectivity index (χ3v) is 5.13. The van der Waals surface area contributed by atoms with Crippen LogP contribution in [0.4, 0.5) is 0 Å². The summed E-state index contributed by atoms with van der Waals surface area (Å²) in [5, 5.41) is 5.43. The second-order valence-corrected chi connectivity index (χ2v) is 8.29. The Morgan fingerprint density at radius 1 is 1.26 bits per heavy atom. The molecule has 0 bridgehead atoms. The molecule has 0 aliphatic rings. The van der Waals surface area contributed by atoms with Crippen molar-refractivity contribution >= 4 is 23.2 Å². The predicted octanol–water partition coefficient (Wildman–Crippen LogP) is 2.98. The largest absolute Gasteiger partial charge is 0.469 e. The fraction of sp³-hybridized carbons (Fsp3) is 0.450. The fourth-order valence-corrected chi connectivity index (χ4v) is 3.40. The molecule has 2 rings (SSSR count). The molecule has 146 valence electrons. The summed E-state index contributed by atoms with van der Waals surface area (Å²) in [7, 11) is 1.34. The molecular weight excluding hydrogens is 362 g/mol. The maximum atomic E-state index is 12.6. The number of hydrogen-bond donors (Lipinski definition) is 2. The normalized spacial score (nSPS) is 12.5. The first-order chi connectivity index (χ1) is 12.7. The average molecular weight is 390 g/mol. The third-order valence-electron chi connectivity index (χ3n) is 4.23. The molecule has 0 aliphatic carbocycles. The molecule has 2 aromatic rings. The van der Waals surface area contributed by atoms with Gasteiger partial charge in [0.15, 0.2) is 0 Å². The Kier molecular flexibility index (Phi) is 7.10. The highest BCUT2D eigenvalue weighted by Crippen LogP contribution is 2.25. The zero-order valence-electron chi connectivity index (χ0n) is 16.2. The van der Waals surface area contributed by atoms with Crippen LogP contribution in [0.5, 0.6) is 0 Å². The maximum Gasteiger partial charge on any atom is 0.307 e. The first-order valence-corrected chi connectivity index (χ1v) is 9.75. The molecule has 1 heterocycles. The summed E-state index contributed by atoms with van der Waals surface area (Å²) in [6.07, 6.45) is 0.689. The van der Waals surface area contributed by atoms with Crippen molar-refractivity contribution in [2.75, 3.05) is 13.7 Å². The van der Waals surface area contributed by atoms with Gasteiger partial charge >= 0.3 is 5.97 Å². The summed E-state index contributed by atoms with van der Waals surface area (Å²) < 4.78 is 4.79. The van der Waals surface area contributed by atoms with Crippen LogP contribution in [0.3, 0.4) is 0 Å². The molecule has 7 heteroatoms. The van der Waals surface area contributed by atoms with Crippen LogP contribution in [-0.4, -0.2) is 30.5 Å². The Morgan fingerprint density at radius 3 is 2.48 bits per heavy atom. The van der Waals surface area contributed by atoms with Gasteiger partial charge in [0.2, 0.25) is 0 Å². The summed E-state index contributed by atoms with van der Waals surface area (Å²) in [5.74, 6) is -0.703. The van der Waals surface area contributed by atoms with E-state index >= 15 is 0 Å². The minimum atomic E-state index is -0.487. The molecule has 0 spiro atoms. The molecule has 0 saturated carbocycles. The van der Waals surface area contributed by atoms with Crippen LogP contribution in [0.15, 0.2) is 29.6 Å². The van der Waals surface area contributed by atoms with Crippen LogP contribution in [0, 0.1) is 0 Å². The zero-order chi connectivity index (χ0) is 20.0. The van der Waals surface area contributed by atoms with Crippen molar-refractivity contribution in [2.45, 2.75) is 45.1 Å². The molecular formula is C20H27N3O3S. The van der Waals surface area contributed by atoms with E-state index in [1.54, 1.807) is 5.38 Å². The lowest BCUT2D eigenvalue weighted by molar-refractivity contribution is -0.141. The Hall–Kier alpha value is -2.25. The number of nitrogens with zero attached hydrogens (tertiary/aromatic N) is 1. The van der Waals surface area contributed by atoms with Crippen molar-refractivity contribution in [1.29, 1.82) is 0 Å². The van der Waals surface area contributed by atoms with Gasteiger partial charge in [0.05, 0.1) is 24.6 Å². The Balaban J connectivity index is 2.20. The molecule has 0 fully saturated rings. The molecule has 0 radical (unpaired) electrons. The van der Waals surface area contributed by atoms with Crippen molar-refractivity contribution in [3.8, 4) is 0 Å². The third kappa shape index (κ3) is 5.87. The van der Waals surface area contributed by atoms with Crippen molar-refractivity contribution < 1.29 is 14.3 Å². The lowest BCUT2D eigenvalue weighted by atomic mass is 9.86. The van der Waals surface area contributed by atoms with Crippen molar-refractivity contribution in [3.63, 3.8) is 0 Å². The first kappa shape index (κ1) is 21.1. The molecule has 0 saturated heterocycles. The van der Waals surface area contributed by atoms with Gasteiger partial charge in [-0.2, -0.15) is 0 Å². The highest BCUT2D eigenvalue weighted by molar-refractivity contribution is 7.09. The summed E-state index contributed by atoms with van der Waals surface area (Å²) in [4.78, 5) is 28.7. The van der Waals surface area contributed by atoms with E-state index in [4.69, 9.17) is 10.5 Å². The minimum Gasteiger partial charge on any atom is -0.469 e. The lowest BCUT2D eigenvalue weighted by Crippen LogP contribution is -2.31. The molecule has 3 N–H and O–H groups in total. The second kappa shape index (κ2) is 9.10. The summed E-state index contributed by atoms with van der Waals surface area (Å²) in [6, 6.07) is 7.44. The van der Waals surface area contributed by atoms with Gasteiger partial charge in [-0.1, -0.05) is 45.0 Å². The van der Waals surface area contributed by atoms with Crippen molar-refractivity contribution in [1.82, 2.24) is 10.3 Å². The number of methoxy groups -OCH3 is 1. The first-order valence-electron chi connectivity index (χ1n) is 8.87. The van der Waals surface area contributed by atoms with Crippen LogP contribution >= 0.6 is 11.3 Å². The Morgan fingerprint density at radius 2 is 1.93 bits per heavy atom. The molecule has 1 aromatic carbocycles. The zero-order valence-corrected chi connectivity index (χ0v) is 17.1. The van der Waals surface area contributed by atoms with Gasteiger partial charge in [0, 0.05) is 11.8 Å². The van der Waals surface area contributed by atoms with Crippen LogP contribution in [0.25, 0.3) is 0 Å². The van der Waals surface area contributed by atoms with Crippen LogP contribution in [0.1, 0.15) is 59.9 Å². The summed E-state index contributed by atoms with van der Waals surface area (Å²) >= 11 is 1.40. The van der Waals surface area contributed by atoms with E-state index in [9.17, 15) is 9.59 Å². The van der Waals surface area contributed by atoms with Gasteiger partial charge in [-0.25, -0.2) is 4.98 Å². The van der Waals surface area contributed by atoms with Gasteiger partial charge in [-0.05, 0) is 23.1 Å². The van der Waals surface area contributed by atoms with Crippen molar-refractivity contribution in [3.05, 3.63) is 51.5 Å². The van der Waals surface area contributed by atoms with Crippen LogP contribution in [-0.2, 0) is 21.4 Å². The number of rotatable bonds is 7. The summed E-state index contributed by atoms with van der Waals surface area (Å²) in [5.41, 5.74) is 7.92. The Labute approximate surface area is 164 Å². The number of amides is 1. The monoisotopic (exact) mass is 389 g/mol. The molecule has 1 unspecified atom stereocenters. The van der Waals surface area contributed by atoms with E-state index in [1.807, 2.05) is 24.3 Å². The smallest absolute Gasteiger partial charge is 0.307 e.